The quantitative estimate of drug-likeness (QED) is 0.568. The van der Waals surface area contributed by atoms with Gasteiger partial charge >= 0.3 is 5.97 Å². The molecule has 2 rings (SSSR count). The molecule has 0 radical (unpaired) electrons. The molecule has 0 fully saturated rings. The number of aromatic nitrogens is 3. The van der Waals surface area contributed by atoms with Crippen LogP contribution in [0.15, 0.2) is 10.2 Å². The van der Waals surface area contributed by atoms with Gasteiger partial charge in [0.1, 0.15) is 12.2 Å². The largest absolute Gasteiger partial charge is 0.481 e. The standard InChI is InChI=1S/C13H16N6O3/c1-2-3-5-13(18-19-13)6-4-11(20)14-8-10-15-9(16-17-10)7-12(21)22/h1H,3-8H2,(H,14,20)(H,21,22)(H,15,16,17). The number of nitrogens with one attached hydrogen (secondary N) is 2. The van der Waals surface area contributed by atoms with Crippen LogP contribution < -0.4 is 5.32 Å². The van der Waals surface area contributed by atoms with Crippen molar-refractivity contribution >= 4 is 11.9 Å². The fourth-order valence-electron chi connectivity index (χ4n) is 1.88. The van der Waals surface area contributed by atoms with Crippen LogP contribution in [-0.2, 0) is 22.6 Å². The summed E-state index contributed by atoms with van der Waals surface area (Å²) in [7, 11) is 0. The zero-order chi connectivity index (χ0) is 16.0. The van der Waals surface area contributed by atoms with Crippen molar-refractivity contribution in [3.8, 4) is 12.3 Å². The number of carboxylic acids is 1. The number of hydrogen-bond acceptors (Lipinski definition) is 6. The molecule has 0 bridgehead atoms. The Balaban J connectivity index is 1.68. The van der Waals surface area contributed by atoms with Crippen LogP contribution in [0.4, 0.5) is 0 Å². The van der Waals surface area contributed by atoms with Gasteiger partial charge < -0.3 is 10.4 Å². The van der Waals surface area contributed by atoms with Gasteiger partial charge in [0.15, 0.2) is 11.5 Å². The second kappa shape index (κ2) is 6.80. The van der Waals surface area contributed by atoms with E-state index in [1.807, 2.05) is 0 Å². The summed E-state index contributed by atoms with van der Waals surface area (Å²) in [5, 5.41) is 25.5. The minimum absolute atomic E-state index is 0.159. The van der Waals surface area contributed by atoms with Gasteiger partial charge in [0.25, 0.3) is 0 Å². The van der Waals surface area contributed by atoms with E-state index in [4.69, 9.17) is 11.5 Å². The first-order valence-corrected chi connectivity index (χ1v) is 6.79. The molecule has 1 aliphatic rings. The maximum atomic E-state index is 11.8. The minimum Gasteiger partial charge on any atom is -0.481 e. The second-order valence-electron chi connectivity index (χ2n) is 4.93. The number of aromatic amines is 1. The number of nitrogens with zero attached hydrogens (tertiary/aromatic N) is 4. The first-order valence-electron chi connectivity index (χ1n) is 6.79. The molecule has 0 aromatic carbocycles. The molecule has 0 spiro atoms. The van der Waals surface area contributed by atoms with Gasteiger partial charge in [-0.05, 0) is 0 Å². The average molecular weight is 304 g/mol. The van der Waals surface area contributed by atoms with E-state index in [1.165, 1.54) is 0 Å². The number of rotatable bonds is 9. The smallest absolute Gasteiger partial charge is 0.311 e. The van der Waals surface area contributed by atoms with Gasteiger partial charge in [-0.2, -0.15) is 15.3 Å². The molecule has 9 heteroatoms. The predicted octanol–water partition coefficient (Wildman–Crippen LogP) is 0.404. The topological polar surface area (TPSA) is 133 Å². The summed E-state index contributed by atoms with van der Waals surface area (Å²) in [5.74, 6) is 1.95. The van der Waals surface area contributed by atoms with Crippen molar-refractivity contribution in [2.24, 2.45) is 10.2 Å². The number of carbonyl (C=O) groups excluding carboxylic acids is 1. The summed E-state index contributed by atoms with van der Waals surface area (Å²) in [6, 6.07) is 0. The predicted molar refractivity (Wildman–Crippen MR) is 74.5 cm³/mol. The van der Waals surface area contributed by atoms with Crippen LogP contribution >= 0.6 is 0 Å². The molecule has 1 aromatic heterocycles. The van der Waals surface area contributed by atoms with Crippen molar-refractivity contribution in [1.82, 2.24) is 20.5 Å². The van der Waals surface area contributed by atoms with Gasteiger partial charge in [0.2, 0.25) is 5.91 Å². The molecule has 2 heterocycles. The monoisotopic (exact) mass is 304 g/mol. The van der Waals surface area contributed by atoms with Crippen molar-refractivity contribution in [2.45, 2.75) is 44.3 Å². The third-order valence-electron chi connectivity index (χ3n) is 3.15. The molecule has 1 aliphatic heterocycles. The second-order valence-corrected chi connectivity index (χ2v) is 4.93. The third kappa shape index (κ3) is 4.66. The molecule has 116 valence electrons. The number of H-pyrrole nitrogens is 1. The van der Waals surface area contributed by atoms with E-state index in [1.54, 1.807) is 0 Å². The Labute approximate surface area is 126 Å². The Hall–Kier alpha value is -2.76. The number of aliphatic carboxylic acids is 1. The minimum atomic E-state index is -1.01. The highest BCUT2D eigenvalue weighted by Gasteiger charge is 2.39. The molecule has 9 nitrogen and oxygen atoms in total. The fourth-order valence-corrected chi connectivity index (χ4v) is 1.88. The lowest BCUT2D eigenvalue weighted by Crippen LogP contribution is -2.25. The Morgan fingerprint density at radius 1 is 1.36 bits per heavy atom. The first kappa shape index (κ1) is 15.6. The number of carboxylic acid groups (broad SMARTS) is 1. The Bertz CT molecular complexity index is 624. The summed E-state index contributed by atoms with van der Waals surface area (Å²) in [6.07, 6.45) is 7.00. The summed E-state index contributed by atoms with van der Waals surface area (Å²) >= 11 is 0. The van der Waals surface area contributed by atoms with E-state index in [9.17, 15) is 9.59 Å². The van der Waals surface area contributed by atoms with Crippen molar-refractivity contribution in [3.05, 3.63) is 11.6 Å². The van der Waals surface area contributed by atoms with Gasteiger partial charge in [0.05, 0.1) is 6.54 Å². The molecule has 1 amide bonds. The first-order chi connectivity index (χ1) is 10.5. The maximum Gasteiger partial charge on any atom is 0.311 e. The lowest BCUT2D eigenvalue weighted by Gasteiger charge is -2.08. The normalized spacial score (nSPS) is 14.3. The molecular formula is C13H16N6O3. The Morgan fingerprint density at radius 2 is 2.14 bits per heavy atom. The van der Waals surface area contributed by atoms with Gasteiger partial charge in [-0.25, -0.2) is 4.98 Å². The van der Waals surface area contributed by atoms with Crippen molar-refractivity contribution < 1.29 is 14.7 Å². The summed E-state index contributed by atoms with van der Waals surface area (Å²) in [6.45, 7) is 0.164. The number of carbonyl (C=O) groups is 2. The molecule has 3 N–H and O–H groups in total. The van der Waals surface area contributed by atoms with Crippen molar-refractivity contribution in [1.29, 1.82) is 0 Å². The number of hydrogen-bond donors (Lipinski definition) is 3. The molecule has 22 heavy (non-hydrogen) atoms. The SMILES string of the molecule is C#CCCC1(CCC(=O)NCc2nc(CC(=O)O)n[nH]2)N=N1. The number of terminal acetylenes is 1. The molecule has 0 saturated heterocycles. The highest BCUT2D eigenvalue weighted by Crippen LogP contribution is 2.37. The van der Waals surface area contributed by atoms with Crippen LogP contribution in [-0.4, -0.2) is 37.8 Å². The van der Waals surface area contributed by atoms with Crippen LogP contribution in [0, 0.1) is 12.3 Å². The molecule has 0 aliphatic carbocycles. The highest BCUT2D eigenvalue weighted by molar-refractivity contribution is 5.75. The van der Waals surface area contributed by atoms with Crippen LogP contribution in [0.25, 0.3) is 0 Å². The van der Waals surface area contributed by atoms with E-state index in [0.29, 0.717) is 25.1 Å². The maximum absolute atomic E-state index is 11.8. The van der Waals surface area contributed by atoms with Gasteiger partial charge in [0, 0.05) is 25.7 Å². The van der Waals surface area contributed by atoms with Crippen LogP contribution in [0.5, 0.6) is 0 Å². The number of amides is 1. The lowest BCUT2D eigenvalue weighted by molar-refractivity contribution is -0.136. The highest BCUT2D eigenvalue weighted by atomic mass is 16.4. The summed E-state index contributed by atoms with van der Waals surface area (Å²) < 4.78 is 0. The average Bonchev–Trinajstić information content (AvgIpc) is 3.12. The van der Waals surface area contributed by atoms with Gasteiger partial charge in [-0.3, -0.25) is 14.7 Å². The van der Waals surface area contributed by atoms with Crippen molar-refractivity contribution in [2.75, 3.05) is 0 Å². The van der Waals surface area contributed by atoms with Crippen molar-refractivity contribution in [3.63, 3.8) is 0 Å². The zero-order valence-electron chi connectivity index (χ0n) is 11.9. The fraction of sp³-hybridized carbons (Fsp3) is 0.538. The molecule has 1 aromatic rings. The van der Waals surface area contributed by atoms with Crippen LogP contribution in [0.1, 0.15) is 37.3 Å². The van der Waals surface area contributed by atoms with Gasteiger partial charge in [-0.1, -0.05) is 0 Å². The molecule has 0 saturated carbocycles. The third-order valence-corrected chi connectivity index (χ3v) is 3.15. The van der Waals surface area contributed by atoms with E-state index in [0.717, 1.165) is 0 Å². The van der Waals surface area contributed by atoms with Crippen LogP contribution in [0.2, 0.25) is 0 Å². The zero-order valence-corrected chi connectivity index (χ0v) is 11.9. The molecule has 0 unspecified atom stereocenters. The van der Waals surface area contributed by atoms with Crippen LogP contribution in [0.3, 0.4) is 0 Å². The van der Waals surface area contributed by atoms with Gasteiger partial charge in [-0.15, -0.1) is 12.3 Å². The lowest BCUT2D eigenvalue weighted by atomic mass is 10.0. The van der Waals surface area contributed by atoms with E-state index < -0.39 is 11.6 Å². The Morgan fingerprint density at radius 3 is 2.77 bits per heavy atom. The summed E-state index contributed by atoms with van der Waals surface area (Å²) in [4.78, 5) is 26.2. The van der Waals surface area contributed by atoms with E-state index >= 15 is 0 Å². The molecule has 0 atom stereocenters. The molecular weight excluding hydrogens is 288 g/mol. The Kier molecular flexibility index (Phi) is 4.83. The van der Waals surface area contributed by atoms with E-state index in [2.05, 4.69) is 36.6 Å². The van der Waals surface area contributed by atoms with E-state index in [-0.39, 0.29) is 31.1 Å². The summed E-state index contributed by atoms with van der Waals surface area (Å²) in [5.41, 5.74) is -0.468.